The van der Waals surface area contributed by atoms with Gasteiger partial charge in [0.25, 0.3) is 5.78 Å². The van der Waals surface area contributed by atoms with E-state index in [4.69, 9.17) is 0 Å². The lowest BCUT2D eigenvalue weighted by atomic mass is 10.1. The Hall–Kier alpha value is -1.64. The van der Waals surface area contributed by atoms with Crippen LogP contribution >= 0.6 is 0 Å². The monoisotopic (exact) mass is 194 g/mol. The average Bonchev–Trinajstić information content (AvgIpc) is 2.23. The van der Waals surface area contributed by atoms with Crippen molar-refractivity contribution >= 4 is 11.8 Å². The molecule has 14 heavy (non-hydrogen) atoms. The van der Waals surface area contributed by atoms with Crippen LogP contribution in [0.1, 0.15) is 13.8 Å². The highest BCUT2D eigenvalue weighted by molar-refractivity contribution is 6.41. The van der Waals surface area contributed by atoms with Crippen LogP contribution in [0.4, 0.5) is 0 Å². The highest BCUT2D eigenvalue weighted by Crippen LogP contribution is 2.05. The predicted octanol–water partition coefficient (Wildman–Crippen LogP) is 1.81. The van der Waals surface area contributed by atoms with Crippen molar-refractivity contribution in [3.63, 3.8) is 0 Å². The van der Waals surface area contributed by atoms with Crippen molar-refractivity contribution in [2.24, 2.45) is 0 Å². The maximum Gasteiger partial charge on any atom is 0.379 e. The summed E-state index contributed by atoms with van der Waals surface area (Å²) in [5.74, 6) is -1.50. The maximum atomic E-state index is 11.3. The van der Waals surface area contributed by atoms with Crippen molar-refractivity contribution in [1.82, 2.24) is 0 Å². The molecule has 76 valence electrons. The third kappa shape index (κ3) is 3.39. The van der Waals surface area contributed by atoms with Crippen LogP contribution in [0.2, 0.25) is 0 Å². The Kier molecular flexibility index (Phi) is 5.22. The van der Waals surface area contributed by atoms with E-state index >= 15 is 0 Å². The zero-order chi connectivity index (χ0) is 11.1. The van der Waals surface area contributed by atoms with Gasteiger partial charge in [-0.2, -0.15) is 0 Å². The van der Waals surface area contributed by atoms with Gasteiger partial charge in [-0.3, -0.25) is 4.79 Å². The summed E-state index contributed by atoms with van der Waals surface area (Å²) in [6, 6.07) is 0. The molecule has 0 rings (SSSR count). The lowest BCUT2D eigenvalue weighted by Crippen LogP contribution is -2.16. The molecule has 0 aliphatic carbocycles. The molecule has 0 aromatic carbocycles. The number of ketones is 1. The minimum Gasteiger partial charge on any atom is -0.463 e. The Morgan fingerprint density at radius 3 is 2.29 bits per heavy atom. The summed E-state index contributed by atoms with van der Waals surface area (Å²) in [7, 11) is 1.18. The largest absolute Gasteiger partial charge is 0.463 e. The van der Waals surface area contributed by atoms with E-state index in [1.54, 1.807) is 32.1 Å². The van der Waals surface area contributed by atoms with E-state index in [0.717, 1.165) is 5.57 Å². The molecule has 0 aliphatic heterocycles. The molecule has 0 bridgehead atoms. The van der Waals surface area contributed by atoms with Gasteiger partial charge < -0.3 is 4.74 Å². The molecule has 0 heterocycles. The lowest BCUT2D eigenvalue weighted by Gasteiger charge is -1.99. The van der Waals surface area contributed by atoms with Gasteiger partial charge in [0.1, 0.15) is 0 Å². The number of allylic oxidation sites excluding steroid dienone is 4. The summed E-state index contributed by atoms with van der Waals surface area (Å²) in [5.41, 5.74) is 1.13. The van der Waals surface area contributed by atoms with Gasteiger partial charge in [-0.05, 0) is 19.9 Å². The number of esters is 1. The quantitative estimate of drug-likeness (QED) is 0.296. The van der Waals surface area contributed by atoms with Crippen LogP contribution in [0.15, 0.2) is 36.0 Å². The molecule has 3 nitrogen and oxygen atoms in total. The summed E-state index contributed by atoms with van der Waals surface area (Å²) in [4.78, 5) is 22.2. The minimum absolute atomic E-state index is 0.314. The van der Waals surface area contributed by atoms with Crippen molar-refractivity contribution in [3.8, 4) is 0 Å². The first-order valence-electron chi connectivity index (χ1n) is 4.16. The van der Waals surface area contributed by atoms with Crippen LogP contribution in [0, 0.1) is 0 Å². The third-order valence-electron chi connectivity index (χ3n) is 1.65. The molecular weight excluding hydrogens is 180 g/mol. The van der Waals surface area contributed by atoms with Crippen molar-refractivity contribution in [1.29, 1.82) is 0 Å². The van der Waals surface area contributed by atoms with Gasteiger partial charge in [0.05, 0.1) is 7.11 Å². The zero-order valence-electron chi connectivity index (χ0n) is 8.66. The van der Waals surface area contributed by atoms with Gasteiger partial charge >= 0.3 is 5.97 Å². The van der Waals surface area contributed by atoms with Crippen LogP contribution in [-0.4, -0.2) is 18.9 Å². The number of carbonyl (C=O) groups excluding carboxylic acids is 2. The second kappa shape index (κ2) is 5.91. The molecule has 0 saturated heterocycles. The fourth-order valence-corrected chi connectivity index (χ4v) is 0.795. The molecule has 0 aromatic rings. The Morgan fingerprint density at radius 1 is 1.36 bits per heavy atom. The van der Waals surface area contributed by atoms with E-state index in [1.165, 1.54) is 7.11 Å². The first-order chi connectivity index (χ1) is 6.56. The van der Waals surface area contributed by atoms with Crippen LogP contribution in [0.5, 0.6) is 0 Å². The van der Waals surface area contributed by atoms with Crippen LogP contribution < -0.4 is 0 Å². The highest BCUT2D eigenvalue weighted by Gasteiger charge is 2.16. The number of hydrogen-bond donors (Lipinski definition) is 0. The number of ether oxygens (including phenoxy) is 1. The molecule has 0 atom stereocenters. The first-order valence-corrected chi connectivity index (χ1v) is 4.16. The van der Waals surface area contributed by atoms with E-state index < -0.39 is 11.8 Å². The van der Waals surface area contributed by atoms with Gasteiger partial charge in [-0.15, -0.1) is 0 Å². The van der Waals surface area contributed by atoms with Crippen molar-refractivity contribution in [3.05, 3.63) is 36.0 Å². The summed E-state index contributed by atoms with van der Waals surface area (Å²) >= 11 is 0. The molecule has 0 aromatic heterocycles. The molecule has 0 fully saturated rings. The SMILES string of the molecule is C=C/C(C)=C\C(=C/C)C(=O)C(=O)OC. The van der Waals surface area contributed by atoms with E-state index in [2.05, 4.69) is 11.3 Å². The third-order valence-corrected chi connectivity index (χ3v) is 1.65. The Morgan fingerprint density at radius 2 is 1.93 bits per heavy atom. The average molecular weight is 194 g/mol. The summed E-state index contributed by atoms with van der Waals surface area (Å²) < 4.78 is 4.33. The van der Waals surface area contributed by atoms with Gasteiger partial charge in [-0.25, -0.2) is 4.79 Å². The molecular formula is C11H14O3. The van der Waals surface area contributed by atoms with Crippen LogP contribution in [-0.2, 0) is 14.3 Å². The van der Waals surface area contributed by atoms with Gasteiger partial charge in [0.2, 0.25) is 0 Å². The molecule has 0 amide bonds. The normalized spacial score (nSPS) is 12.2. The summed E-state index contributed by atoms with van der Waals surface area (Å²) in [6.45, 7) is 7.03. The summed E-state index contributed by atoms with van der Waals surface area (Å²) in [5, 5.41) is 0. The van der Waals surface area contributed by atoms with E-state index in [9.17, 15) is 9.59 Å². The minimum atomic E-state index is -0.855. The van der Waals surface area contributed by atoms with Crippen LogP contribution in [0.3, 0.4) is 0 Å². The Balaban J connectivity index is 4.86. The van der Waals surface area contributed by atoms with Gasteiger partial charge in [0, 0.05) is 5.57 Å². The topological polar surface area (TPSA) is 43.4 Å². The molecule has 0 spiro atoms. The molecule has 0 unspecified atom stereocenters. The maximum absolute atomic E-state index is 11.3. The zero-order valence-corrected chi connectivity index (χ0v) is 8.66. The highest BCUT2D eigenvalue weighted by atomic mass is 16.5. The van der Waals surface area contributed by atoms with Crippen molar-refractivity contribution in [2.75, 3.05) is 7.11 Å². The van der Waals surface area contributed by atoms with Crippen LogP contribution in [0.25, 0.3) is 0 Å². The van der Waals surface area contributed by atoms with Crippen molar-refractivity contribution < 1.29 is 14.3 Å². The predicted molar refractivity (Wildman–Crippen MR) is 54.7 cm³/mol. The Labute approximate surface area is 83.8 Å². The standard InChI is InChI=1S/C11H14O3/c1-5-8(3)7-9(6-2)10(12)11(13)14-4/h5-7H,1H2,2-4H3/b8-7-,9-6+. The van der Waals surface area contributed by atoms with Crippen molar-refractivity contribution in [2.45, 2.75) is 13.8 Å². The van der Waals surface area contributed by atoms with E-state index in [1.807, 2.05) is 0 Å². The van der Waals surface area contributed by atoms with E-state index in [0.29, 0.717) is 5.57 Å². The second-order valence-corrected chi connectivity index (χ2v) is 2.66. The number of methoxy groups -OCH3 is 1. The van der Waals surface area contributed by atoms with Gasteiger partial charge in [-0.1, -0.05) is 24.3 Å². The molecule has 3 heteroatoms. The number of carbonyl (C=O) groups is 2. The summed E-state index contributed by atoms with van der Waals surface area (Å²) in [6.07, 6.45) is 4.76. The van der Waals surface area contributed by atoms with Gasteiger partial charge in [0.15, 0.2) is 0 Å². The second-order valence-electron chi connectivity index (χ2n) is 2.66. The fourth-order valence-electron chi connectivity index (χ4n) is 0.795. The first kappa shape index (κ1) is 12.4. The molecule has 0 radical (unpaired) electrons. The number of hydrogen-bond acceptors (Lipinski definition) is 3. The lowest BCUT2D eigenvalue weighted by molar-refractivity contribution is -0.149. The Bertz CT molecular complexity index is 308. The number of rotatable bonds is 4. The van der Waals surface area contributed by atoms with E-state index in [-0.39, 0.29) is 0 Å². The molecule has 0 aliphatic rings. The molecule has 0 N–H and O–H groups in total. The number of Topliss-reactive ketones (excluding diaryl/α,β-unsaturated/α-hetero) is 1. The fraction of sp³-hybridized carbons (Fsp3) is 0.273. The molecule has 0 saturated carbocycles. The smallest absolute Gasteiger partial charge is 0.379 e.